The Hall–Kier alpha value is -1.72. The van der Waals surface area contributed by atoms with E-state index in [9.17, 15) is 13.6 Å². The lowest BCUT2D eigenvalue weighted by molar-refractivity contribution is 0.0367. The molecule has 1 aromatic rings. The summed E-state index contributed by atoms with van der Waals surface area (Å²) < 4.78 is 24.9. The van der Waals surface area contributed by atoms with Crippen molar-refractivity contribution in [2.24, 2.45) is 0 Å². The van der Waals surface area contributed by atoms with Gasteiger partial charge in [-0.25, -0.2) is 18.6 Å². The first-order valence-corrected chi connectivity index (χ1v) is 4.19. The second-order valence-corrected chi connectivity index (χ2v) is 3.16. The van der Waals surface area contributed by atoms with Crippen molar-refractivity contribution in [3.8, 4) is 0 Å². The molecule has 1 heterocycles. The molecule has 0 aliphatic rings. The van der Waals surface area contributed by atoms with Gasteiger partial charge in [-0.1, -0.05) is 0 Å². The second-order valence-electron chi connectivity index (χ2n) is 3.16. The van der Waals surface area contributed by atoms with Gasteiger partial charge in [-0.15, -0.1) is 0 Å². The van der Waals surface area contributed by atoms with Crippen LogP contribution in [0.2, 0.25) is 0 Å². The molecule has 4 nitrogen and oxygen atoms in total. The normalized spacial score (nSPS) is 11.1. The maximum absolute atomic E-state index is 12.5. The van der Waals surface area contributed by atoms with Crippen LogP contribution >= 0.6 is 0 Å². The fourth-order valence-electron chi connectivity index (χ4n) is 0.906. The smallest absolute Gasteiger partial charge is 0.335 e. The molecule has 0 saturated heterocycles. The molecular weight excluding hydrogens is 206 g/mol. The van der Waals surface area contributed by atoms with Crippen molar-refractivity contribution in [1.82, 2.24) is 4.98 Å². The van der Waals surface area contributed by atoms with Crippen LogP contribution in [-0.2, 0) is 0 Å². The Kier molecular flexibility index (Phi) is 3.18. The molecule has 0 saturated carbocycles. The minimum absolute atomic E-state index is 0.00641. The summed E-state index contributed by atoms with van der Waals surface area (Å²) in [5.74, 6) is -3.86. The molecule has 0 fully saturated rings. The van der Waals surface area contributed by atoms with Gasteiger partial charge in [0.05, 0.1) is 12.1 Å². The van der Waals surface area contributed by atoms with Crippen molar-refractivity contribution in [3.05, 3.63) is 23.9 Å². The number of rotatable bonds is 4. The number of anilines is 1. The van der Waals surface area contributed by atoms with Crippen molar-refractivity contribution in [2.45, 2.75) is 12.8 Å². The van der Waals surface area contributed by atoms with Crippen LogP contribution < -0.4 is 5.32 Å². The zero-order valence-electron chi connectivity index (χ0n) is 8.00. The summed E-state index contributed by atoms with van der Waals surface area (Å²) in [6, 6.07) is 2.49. The number of carboxylic acid groups (broad SMARTS) is 1. The molecule has 0 atom stereocenters. The van der Waals surface area contributed by atoms with Gasteiger partial charge in [-0.3, -0.25) is 0 Å². The molecule has 15 heavy (non-hydrogen) atoms. The molecule has 0 aliphatic carbocycles. The van der Waals surface area contributed by atoms with Crippen LogP contribution in [0.15, 0.2) is 18.3 Å². The predicted octanol–water partition coefficient (Wildman–Crippen LogP) is 1.85. The number of nitrogens with zero attached hydrogens (tertiary/aromatic N) is 1. The highest BCUT2D eigenvalue weighted by molar-refractivity contribution is 5.88. The Morgan fingerprint density at radius 3 is 2.87 bits per heavy atom. The summed E-state index contributed by atoms with van der Waals surface area (Å²) in [5.41, 5.74) is 0.00641. The van der Waals surface area contributed by atoms with E-state index in [1.54, 1.807) is 0 Å². The lowest BCUT2D eigenvalue weighted by Crippen LogP contribution is -2.23. The number of alkyl halides is 2. The lowest BCUT2D eigenvalue weighted by atomic mass is 10.2. The summed E-state index contributed by atoms with van der Waals surface area (Å²) >= 11 is 0. The van der Waals surface area contributed by atoms with E-state index in [1.165, 1.54) is 18.3 Å². The van der Waals surface area contributed by atoms with E-state index >= 15 is 0 Å². The third-order valence-corrected chi connectivity index (χ3v) is 1.59. The SMILES string of the molecule is CC(F)(F)CNc1cc(C(=O)O)ccn1. The summed E-state index contributed by atoms with van der Waals surface area (Å²) in [6.45, 7) is 0.185. The van der Waals surface area contributed by atoms with E-state index < -0.39 is 18.4 Å². The van der Waals surface area contributed by atoms with Crippen LogP contribution in [0.5, 0.6) is 0 Å². The average molecular weight is 216 g/mol. The van der Waals surface area contributed by atoms with E-state index in [2.05, 4.69) is 10.3 Å². The first-order valence-electron chi connectivity index (χ1n) is 4.19. The zero-order chi connectivity index (χ0) is 11.5. The van der Waals surface area contributed by atoms with E-state index in [0.29, 0.717) is 0 Å². The molecule has 0 aromatic carbocycles. The molecule has 0 radical (unpaired) electrons. The van der Waals surface area contributed by atoms with Crippen LogP contribution in [-0.4, -0.2) is 28.5 Å². The fraction of sp³-hybridized carbons (Fsp3) is 0.333. The van der Waals surface area contributed by atoms with Gasteiger partial charge in [-0.05, 0) is 12.1 Å². The highest BCUT2D eigenvalue weighted by Crippen LogP contribution is 2.13. The van der Waals surface area contributed by atoms with Crippen molar-refractivity contribution >= 4 is 11.8 Å². The molecule has 82 valence electrons. The van der Waals surface area contributed by atoms with Gasteiger partial charge < -0.3 is 10.4 Å². The summed E-state index contributed by atoms with van der Waals surface area (Å²) in [7, 11) is 0. The second kappa shape index (κ2) is 4.20. The number of halogens is 2. The maximum atomic E-state index is 12.5. The fourth-order valence-corrected chi connectivity index (χ4v) is 0.906. The summed E-state index contributed by atoms with van der Waals surface area (Å²) in [6.07, 6.45) is 1.25. The van der Waals surface area contributed by atoms with Gasteiger partial charge >= 0.3 is 5.97 Å². The Morgan fingerprint density at radius 1 is 1.67 bits per heavy atom. The molecule has 0 amide bonds. The maximum Gasteiger partial charge on any atom is 0.335 e. The molecule has 0 spiro atoms. The van der Waals surface area contributed by atoms with Crippen molar-refractivity contribution in [3.63, 3.8) is 0 Å². The number of hydrogen-bond donors (Lipinski definition) is 2. The minimum atomic E-state index is -2.86. The predicted molar refractivity (Wildman–Crippen MR) is 50.3 cm³/mol. The number of hydrogen-bond acceptors (Lipinski definition) is 3. The van der Waals surface area contributed by atoms with Gasteiger partial charge in [0.15, 0.2) is 0 Å². The van der Waals surface area contributed by atoms with Gasteiger partial charge in [0.1, 0.15) is 5.82 Å². The first-order chi connectivity index (χ1) is 6.88. The Labute approximate surface area is 84.9 Å². The molecule has 1 rings (SSSR count). The minimum Gasteiger partial charge on any atom is -0.478 e. The van der Waals surface area contributed by atoms with Gasteiger partial charge in [0.2, 0.25) is 0 Å². The molecule has 0 bridgehead atoms. The third kappa shape index (κ3) is 3.88. The van der Waals surface area contributed by atoms with Crippen LogP contribution in [0.4, 0.5) is 14.6 Å². The summed E-state index contributed by atoms with van der Waals surface area (Å²) in [5, 5.41) is 11.0. The molecule has 0 unspecified atom stereocenters. The van der Waals surface area contributed by atoms with Crippen molar-refractivity contribution in [2.75, 3.05) is 11.9 Å². The topological polar surface area (TPSA) is 62.2 Å². The van der Waals surface area contributed by atoms with Crippen LogP contribution in [0.1, 0.15) is 17.3 Å². The number of carbonyl (C=O) groups is 1. The van der Waals surface area contributed by atoms with E-state index in [4.69, 9.17) is 5.11 Å². The van der Waals surface area contributed by atoms with E-state index in [0.717, 1.165) is 6.92 Å². The zero-order valence-corrected chi connectivity index (χ0v) is 8.00. The average Bonchev–Trinajstić information content (AvgIpc) is 2.14. The number of aromatic nitrogens is 1. The monoisotopic (exact) mass is 216 g/mol. The third-order valence-electron chi connectivity index (χ3n) is 1.59. The highest BCUT2D eigenvalue weighted by atomic mass is 19.3. The molecule has 0 aliphatic heterocycles. The molecule has 1 aromatic heterocycles. The van der Waals surface area contributed by atoms with Crippen LogP contribution in [0.3, 0.4) is 0 Å². The number of nitrogens with one attached hydrogen (secondary N) is 1. The largest absolute Gasteiger partial charge is 0.478 e. The number of carboxylic acids is 1. The number of aromatic carboxylic acids is 1. The van der Waals surface area contributed by atoms with Crippen molar-refractivity contribution in [1.29, 1.82) is 0 Å². The highest BCUT2D eigenvalue weighted by Gasteiger charge is 2.20. The lowest BCUT2D eigenvalue weighted by Gasteiger charge is -2.11. The molecular formula is C9H10F2N2O2. The van der Waals surface area contributed by atoms with E-state index in [1.807, 2.05) is 0 Å². The summed E-state index contributed by atoms with van der Waals surface area (Å²) in [4.78, 5) is 14.3. The van der Waals surface area contributed by atoms with E-state index in [-0.39, 0.29) is 11.4 Å². The van der Waals surface area contributed by atoms with Crippen LogP contribution in [0.25, 0.3) is 0 Å². The van der Waals surface area contributed by atoms with Crippen LogP contribution in [0, 0.1) is 0 Å². The Morgan fingerprint density at radius 2 is 2.33 bits per heavy atom. The van der Waals surface area contributed by atoms with Gasteiger partial charge in [-0.2, -0.15) is 0 Å². The Balaban J connectivity index is 2.70. The molecule has 6 heteroatoms. The quantitative estimate of drug-likeness (QED) is 0.806. The Bertz CT molecular complexity index is 363. The molecule has 2 N–H and O–H groups in total. The van der Waals surface area contributed by atoms with Crippen molar-refractivity contribution < 1.29 is 18.7 Å². The first kappa shape index (κ1) is 11.4. The standard InChI is InChI=1S/C9H10F2N2O2/c1-9(10,11)5-13-7-4-6(8(14)15)2-3-12-7/h2-4H,5H2,1H3,(H,12,13)(H,14,15). The van der Waals surface area contributed by atoms with Gasteiger partial charge in [0.25, 0.3) is 5.92 Å². The van der Waals surface area contributed by atoms with Gasteiger partial charge in [0, 0.05) is 13.1 Å². The number of pyridine rings is 1.